The molecule has 0 saturated heterocycles. The molecule has 1 aromatic heterocycles. The summed E-state index contributed by atoms with van der Waals surface area (Å²) in [6, 6.07) is 7.14. The topological polar surface area (TPSA) is 29.1 Å². The van der Waals surface area contributed by atoms with Gasteiger partial charge in [-0.3, -0.25) is 4.79 Å². The van der Waals surface area contributed by atoms with Gasteiger partial charge in [-0.05, 0) is 30.3 Å². The van der Waals surface area contributed by atoms with E-state index in [1.165, 1.54) is 18.2 Å². The molecule has 2 aromatic rings. The Bertz CT molecular complexity index is 570. The molecule has 0 fully saturated rings. The van der Waals surface area contributed by atoms with Crippen molar-refractivity contribution in [1.82, 2.24) is 0 Å². The molecule has 88 valence electrons. The van der Waals surface area contributed by atoms with E-state index >= 15 is 0 Å². The highest BCUT2D eigenvalue weighted by atomic mass is 35.5. The minimum Gasteiger partial charge on any atom is -0.319 e. The van der Waals surface area contributed by atoms with E-state index in [1.807, 2.05) is 0 Å². The van der Waals surface area contributed by atoms with Gasteiger partial charge in [0, 0.05) is 5.02 Å². The Labute approximate surface area is 111 Å². The number of halogens is 3. The van der Waals surface area contributed by atoms with Crippen molar-refractivity contribution >= 4 is 46.1 Å². The average Bonchev–Trinajstić information content (AvgIpc) is 2.70. The smallest absolute Gasteiger partial charge is 0.265 e. The summed E-state index contributed by atoms with van der Waals surface area (Å²) in [5, 5.41) is 2.79. The molecule has 6 heteroatoms. The van der Waals surface area contributed by atoms with Gasteiger partial charge in [-0.15, -0.1) is 11.3 Å². The summed E-state index contributed by atoms with van der Waals surface area (Å²) >= 11 is 12.5. The van der Waals surface area contributed by atoms with Gasteiger partial charge in [0.05, 0.1) is 14.9 Å². The second kappa shape index (κ2) is 5.04. The molecule has 0 radical (unpaired) electrons. The second-order valence-corrected chi connectivity index (χ2v) is 5.33. The third-order valence-corrected chi connectivity index (χ3v) is 3.44. The maximum absolute atomic E-state index is 13.4. The molecule has 1 heterocycles. The minimum absolute atomic E-state index is 0.0482. The summed E-state index contributed by atoms with van der Waals surface area (Å²) in [7, 11) is 0. The summed E-state index contributed by atoms with van der Waals surface area (Å²) in [5.41, 5.74) is 0.0482. The first-order valence-electron chi connectivity index (χ1n) is 4.58. The lowest BCUT2D eigenvalue weighted by Gasteiger charge is -2.05. The van der Waals surface area contributed by atoms with Gasteiger partial charge in [0.1, 0.15) is 5.82 Å². The van der Waals surface area contributed by atoms with Crippen LogP contribution in [0.25, 0.3) is 0 Å². The van der Waals surface area contributed by atoms with Crippen molar-refractivity contribution in [2.24, 2.45) is 0 Å². The van der Waals surface area contributed by atoms with Crippen LogP contribution in [0, 0.1) is 5.82 Å². The first kappa shape index (κ1) is 12.4. The maximum Gasteiger partial charge on any atom is 0.265 e. The Morgan fingerprint density at radius 3 is 2.65 bits per heavy atom. The molecule has 0 atom stereocenters. The Balaban J connectivity index is 2.21. The van der Waals surface area contributed by atoms with Gasteiger partial charge in [0.15, 0.2) is 0 Å². The molecule has 0 aliphatic rings. The van der Waals surface area contributed by atoms with Crippen molar-refractivity contribution in [3.63, 3.8) is 0 Å². The van der Waals surface area contributed by atoms with E-state index in [4.69, 9.17) is 23.2 Å². The highest BCUT2D eigenvalue weighted by molar-refractivity contribution is 7.18. The van der Waals surface area contributed by atoms with Crippen molar-refractivity contribution in [3.05, 3.63) is 50.4 Å². The largest absolute Gasteiger partial charge is 0.319 e. The van der Waals surface area contributed by atoms with Crippen molar-refractivity contribution < 1.29 is 9.18 Å². The molecule has 0 spiro atoms. The molecule has 0 bridgehead atoms. The van der Waals surface area contributed by atoms with E-state index in [0.717, 1.165) is 11.3 Å². The summed E-state index contributed by atoms with van der Waals surface area (Å²) in [4.78, 5) is 12.1. The first-order chi connectivity index (χ1) is 8.06. The third kappa shape index (κ3) is 2.97. The Hall–Kier alpha value is -1.10. The van der Waals surface area contributed by atoms with Gasteiger partial charge in [-0.2, -0.15) is 0 Å². The number of anilines is 1. The van der Waals surface area contributed by atoms with Gasteiger partial charge < -0.3 is 5.32 Å². The third-order valence-electron chi connectivity index (χ3n) is 1.97. The molecule has 0 unspecified atom stereocenters. The number of hydrogen-bond donors (Lipinski definition) is 1. The van der Waals surface area contributed by atoms with Crippen LogP contribution >= 0.6 is 34.5 Å². The lowest BCUT2D eigenvalue weighted by Crippen LogP contribution is -2.11. The molecular weight excluding hydrogens is 284 g/mol. The lowest BCUT2D eigenvalue weighted by atomic mass is 10.3. The standard InChI is InChI=1S/C11H6Cl2FNOS/c12-6-1-2-7(14)8(5-6)15-11(16)9-3-4-10(13)17-9/h1-5H,(H,15,16). The SMILES string of the molecule is O=C(Nc1cc(Cl)ccc1F)c1ccc(Cl)s1. The number of benzene rings is 1. The minimum atomic E-state index is -0.537. The van der Waals surface area contributed by atoms with Crippen LogP contribution in [-0.2, 0) is 0 Å². The zero-order valence-electron chi connectivity index (χ0n) is 8.34. The van der Waals surface area contributed by atoms with Gasteiger partial charge in [-0.1, -0.05) is 23.2 Å². The zero-order valence-corrected chi connectivity index (χ0v) is 10.7. The fourth-order valence-corrected chi connectivity index (χ4v) is 2.32. The molecule has 1 N–H and O–H groups in total. The monoisotopic (exact) mass is 289 g/mol. The molecular formula is C11H6Cl2FNOS. The predicted octanol–water partition coefficient (Wildman–Crippen LogP) is 4.45. The highest BCUT2D eigenvalue weighted by Gasteiger charge is 2.11. The van der Waals surface area contributed by atoms with E-state index < -0.39 is 11.7 Å². The summed E-state index contributed by atoms with van der Waals surface area (Å²) in [6.45, 7) is 0. The van der Waals surface area contributed by atoms with E-state index in [0.29, 0.717) is 14.2 Å². The van der Waals surface area contributed by atoms with E-state index in [9.17, 15) is 9.18 Å². The molecule has 1 aromatic carbocycles. The number of carbonyl (C=O) groups is 1. The number of carbonyl (C=O) groups excluding carboxylic acids is 1. The highest BCUT2D eigenvalue weighted by Crippen LogP contribution is 2.24. The molecule has 0 aliphatic heterocycles. The van der Waals surface area contributed by atoms with Crippen LogP contribution in [0.3, 0.4) is 0 Å². The molecule has 2 rings (SSSR count). The van der Waals surface area contributed by atoms with Gasteiger partial charge >= 0.3 is 0 Å². The summed E-state index contributed by atoms with van der Waals surface area (Å²) < 4.78 is 13.9. The number of amides is 1. The van der Waals surface area contributed by atoms with Crippen molar-refractivity contribution in [2.75, 3.05) is 5.32 Å². The van der Waals surface area contributed by atoms with Crippen molar-refractivity contribution in [3.8, 4) is 0 Å². The fraction of sp³-hybridized carbons (Fsp3) is 0. The van der Waals surface area contributed by atoms with Crippen LogP contribution in [0.4, 0.5) is 10.1 Å². The van der Waals surface area contributed by atoms with Crippen LogP contribution in [0.1, 0.15) is 9.67 Å². The maximum atomic E-state index is 13.4. The number of thiophene rings is 1. The molecule has 0 saturated carbocycles. The van der Waals surface area contributed by atoms with Crippen LogP contribution < -0.4 is 5.32 Å². The molecule has 17 heavy (non-hydrogen) atoms. The fourth-order valence-electron chi connectivity index (χ4n) is 1.21. The van der Waals surface area contributed by atoms with Crippen LogP contribution in [0.15, 0.2) is 30.3 Å². The number of nitrogens with one attached hydrogen (secondary N) is 1. The summed E-state index contributed by atoms with van der Waals surface area (Å²) in [6.07, 6.45) is 0. The van der Waals surface area contributed by atoms with Crippen molar-refractivity contribution in [2.45, 2.75) is 0 Å². The van der Waals surface area contributed by atoms with Crippen LogP contribution in [0.2, 0.25) is 9.36 Å². The number of hydrogen-bond acceptors (Lipinski definition) is 2. The lowest BCUT2D eigenvalue weighted by molar-refractivity contribution is 0.103. The Morgan fingerprint density at radius 1 is 1.24 bits per heavy atom. The van der Waals surface area contributed by atoms with Crippen LogP contribution in [0.5, 0.6) is 0 Å². The molecule has 2 nitrogen and oxygen atoms in total. The van der Waals surface area contributed by atoms with Crippen molar-refractivity contribution in [1.29, 1.82) is 0 Å². The van der Waals surface area contributed by atoms with E-state index in [2.05, 4.69) is 5.32 Å². The second-order valence-electron chi connectivity index (χ2n) is 3.18. The predicted molar refractivity (Wildman–Crippen MR) is 68.7 cm³/mol. The first-order valence-corrected chi connectivity index (χ1v) is 6.15. The average molecular weight is 290 g/mol. The van der Waals surface area contributed by atoms with E-state index in [-0.39, 0.29) is 5.69 Å². The quantitative estimate of drug-likeness (QED) is 0.870. The van der Waals surface area contributed by atoms with Gasteiger partial charge in [-0.25, -0.2) is 4.39 Å². The van der Waals surface area contributed by atoms with E-state index in [1.54, 1.807) is 12.1 Å². The number of rotatable bonds is 2. The normalized spacial score (nSPS) is 10.3. The van der Waals surface area contributed by atoms with Gasteiger partial charge in [0.25, 0.3) is 5.91 Å². The molecule has 0 aliphatic carbocycles. The Kier molecular flexibility index (Phi) is 3.66. The zero-order chi connectivity index (χ0) is 12.4. The molecule has 1 amide bonds. The van der Waals surface area contributed by atoms with Gasteiger partial charge in [0.2, 0.25) is 0 Å². The summed E-state index contributed by atoms with van der Waals surface area (Å²) in [5.74, 6) is -0.950. The van der Waals surface area contributed by atoms with Crippen LogP contribution in [-0.4, -0.2) is 5.91 Å². The Morgan fingerprint density at radius 2 is 2.00 bits per heavy atom.